The van der Waals surface area contributed by atoms with Crippen LogP contribution >= 0.6 is 0 Å². The zero-order chi connectivity index (χ0) is 28.5. The highest BCUT2D eigenvalue weighted by molar-refractivity contribution is 6.94. The van der Waals surface area contributed by atoms with Gasteiger partial charge in [0.2, 0.25) is 0 Å². The largest absolute Gasteiger partial charge is 0.416 e. The molecule has 4 nitrogen and oxygen atoms in total. The predicted molar refractivity (Wildman–Crippen MR) is 113 cm³/mol. The van der Waals surface area contributed by atoms with Crippen LogP contribution in [0.5, 0.6) is 0 Å². The third-order valence-electron chi connectivity index (χ3n) is 4.88. The molecule has 0 spiro atoms. The first-order valence-corrected chi connectivity index (χ1v) is 20.8. The van der Waals surface area contributed by atoms with Crippen molar-refractivity contribution in [3.05, 3.63) is 0 Å². The number of halogens is 12. The molecule has 1 saturated heterocycles. The van der Waals surface area contributed by atoms with Crippen molar-refractivity contribution in [2.24, 2.45) is 0 Å². The quantitative estimate of drug-likeness (QED) is 0.202. The lowest BCUT2D eigenvalue weighted by Gasteiger charge is -2.51. The maximum Gasteiger partial charge on any atom is 0.389 e. The standard InChI is InChI=1S/C16H28F12O4Si4/c1-33(2)29-34(3,4)31-36(11-7-15(23,24)25,12-8-16(26,27)28)32-35(30-33,9-5-13(17,18)19)10-6-14(20,21)22/h5-12H2,1-4H3. The second-order valence-electron chi connectivity index (χ2n) is 9.49. The Morgan fingerprint density at radius 3 is 0.806 bits per heavy atom. The third-order valence-corrected chi connectivity index (χ3v) is 22.7. The van der Waals surface area contributed by atoms with Crippen molar-refractivity contribution in [3.8, 4) is 0 Å². The average Bonchev–Trinajstić information content (AvgIpc) is 2.56. The first kappa shape index (κ1) is 33.9. The number of hydrogen-bond donors (Lipinski definition) is 0. The third kappa shape index (κ3) is 13.6. The van der Waals surface area contributed by atoms with Crippen LogP contribution in [0.4, 0.5) is 52.7 Å². The van der Waals surface area contributed by atoms with Crippen molar-refractivity contribution in [2.75, 3.05) is 0 Å². The van der Waals surface area contributed by atoms with E-state index in [1.165, 1.54) is 26.2 Å². The Labute approximate surface area is 204 Å². The van der Waals surface area contributed by atoms with Gasteiger partial charge in [-0.3, -0.25) is 0 Å². The second kappa shape index (κ2) is 11.2. The molecule has 1 heterocycles. The van der Waals surface area contributed by atoms with Crippen molar-refractivity contribution in [1.82, 2.24) is 0 Å². The highest BCUT2D eigenvalue weighted by atomic mass is 28.5. The van der Waals surface area contributed by atoms with E-state index in [1.807, 2.05) is 0 Å². The molecule has 0 N–H and O–H groups in total. The number of rotatable bonds is 8. The van der Waals surface area contributed by atoms with E-state index in [4.69, 9.17) is 16.5 Å². The molecular weight excluding hydrogens is 596 g/mol. The Balaban J connectivity index is 3.68. The topological polar surface area (TPSA) is 36.9 Å². The van der Waals surface area contributed by atoms with Crippen molar-refractivity contribution in [3.63, 3.8) is 0 Å². The zero-order valence-corrected chi connectivity index (χ0v) is 23.8. The lowest BCUT2D eigenvalue weighted by molar-refractivity contribution is -0.133. The van der Waals surface area contributed by atoms with Crippen LogP contribution in [0.3, 0.4) is 0 Å². The summed E-state index contributed by atoms with van der Waals surface area (Å²) in [5.41, 5.74) is 0. The summed E-state index contributed by atoms with van der Waals surface area (Å²) < 4.78 is 180. The van der Waals surface area contributed by atoms with E-state index in [2.05, 4.69) is 0 Å². The summed E-state index contributed by atoms with van der Waals surface area (Å²) in [5.74, 6) is 0. The Morgan fingerprint density at radius 1 is 0.389 bits per heavy atom. The van der Waals surface area contributed by atoms with E-state index in [1.54, 1.807) is 0 Å². The van der Waals surface area contributed by atoms with E-state index in [0.29, 0.717) is 0 Å². The van der Waals surface area contributed by atoms with Crippen molar-refractivity contribution >= 4 is 34.2 Å². The van der Waals surface area contributed by atoms with Gasteiger partial charge in [0.15, 0.2) is 0 Å². The first-order valence-electron chi connectivity index (χ1n) is 10.7. The molecule has 36 heavy (non-hydrogen) atoms. The SMILES string of the molecule is C[Si]1(C)O[Si](C)(C)O[Si](CCC(F)(F)F)(CCC(F)(F)F)O[Si](CCC(F)(F)F)(CCC(F)(F)F)O1. The van der Waals surface area contributed by atoms with E-state index >= 15 is 0 Å². The minimum absolute atomic E-state index is 1.16. The molecule has 0 radical (unpaired) electrons. The number of hydrogen-bond acceptors (Lipinski definition) is 4. The molecule has 20 heteroatoms. The van der Waals surface area contributed by atoms with Gasteiger partial charge in [0.25, 0.3) is 0 Å². The van der Waals surface area contributed by atoms with Gasteiger partial charge in [-0.2, -0.15) is 52.7 Å². The zero-order valence-electron chi connectivity index (χ0n) is 19.8. The summed E-state index contributed by atoms with van der Waals surface area (Å²) in [6.07, 6.45) is -26.4. The fraction of sp³-hybridized carbons (Fsp3) is 1.00. The maximum absolute atomic E-state index is 13.1. The normalized spacial score (nSPS) is 22.7. The molecule has 1 rings (SSSR count). The van der Waals surface area contributed by atoms with Crippen molar-refractivity contribution in [1.29, 1.82) is 0 Å². The predicted octanol–water partition coefficient (Wildman–Crippen LogP) is 8.16. The highest BCUT2D eigenvalue weighted by Crippen LogP contribution is 2.44. The molecule has 1 aliphatic rings. The second-order valence-corrected chi connectivity index (χ2v) is 24.0. The molecule has 0 aromatic rings. The van der Waals surface area contributed by atoms with Crippen LogP contribution in [0.25, 0.3) is 0 Å². The lowest BCUT2D eigenvalue weighted by atomic mass is 10.5. The monoisotopic (exact) mass is 624 g/mol. The van der Waals surface area contributed by atoms with Gasteiger partial charge < -0.3 is 16.5 Å². The summed E-state index contributed by atoms with van der Waals surface area (Å²) in [4.78, 5) is 0. The molecule has 0 saturated carbocycles. The fourth-order valence-electron chi connectivity index (χ4n) is 3.90. The minimum Gasteiger partial charge on any atom is -0.416 e. The Hall–Kier alpha value is -0.132. The van der Waals surface area contributed by atoms with E-state index < -0.39 is 109 Å². The smallest absolute Gasteiger partial charge is 0.389 e. The molecule has 1 fully saturated rings. The Morgan fingerprint density at radius 2 is 0.611 bits per heavy atom. The number of alkyl halides is 12. The molecule has 0 atom stereocenters. The Bertz CT molecular complexity index is 628. The van der Waals surface area contributed by atoms with Gasteiger partial charge in [-0.1, -0.05) is 0 Å². The van der Waals surface area contributed by atoms with Crippen LogP contribution in [-0.4, -0.2) is 58.9 Å². The maximum atomic E-state index is 13.1. The van der Waals surface area contributed by atoms with Gasteiger partial charge in [-0.15, -0.1) is 0 Å². The van der Waals surface area contributed by atoms with E-state index in [-0.39, 0.29) is 0 Å². The molecule has 1 aliphatic heterocycles. The molecular formula is C16H28F12O4Si4. The summed E-state index contributed by atoms with van der Waals surface area (Å²) in [5, 5.41) is 0. The van der Waals surface area contributed by atoms with Crippen molar-refractivity contribution < 1.29 is 69.1 Å². The van der Waals surface area contributed by atoms with Gasteiger partial charge in [0, 0.05) is 25.7 Å². The van der Waals surface area contributed by atoms with E-state index in [0.717, 1.165) is 0 Å². The highest BCUT2D eigenvalue weighted by Gasteiger charge is 2.60. The van der Waals surface area contributed by atoms with Gasteiger partial charge in [0.1, 0.15) is 0 Å². The van der Waals surface area contributed by atoms with E-state index in [9.17, 15) is 52.7 Å². The van der Waals surface area contributed by atoms with Crippen LogP contribution in [-0.2, 0) is 16.5 Å². The van der Waals surface area contributed by atoms with Gasteiger partial charge in [-0.05, 0) is 50.4 Å². The first-order chi connectivity index (χ1) is 15.7. The van der Waals surface area contributed by atoms with Crippen LogP contribution < -0.4 is 0 Å². The summed E-state index contributed by atoms with van der Waals surface area (Å²) >= 11 is 0. The fourth-order valence-corrected chi connectivity index (χ4v) is 27.1. The molecule has 0 unspecified atom stereocenters. The van der Waals surface area contributed by atoms with Gasteiger partial charge in [0.05, 0.1) is 0 Å². The summed E-state index contributed by atoms with van der Waals surface area (Å²) in [6.45, 7) is 5.21. The average molecular weight is 625 g/mol. The Kier molecular flexibility index (Phi) is 10.5. The molecule has 0 aliphatic carbocycles. The summed E-state index contributed by atoms with van der Waals surface area (Å²) in [6, 6.07) is -4.65. The van der Waals surface area contributed by atoms with Crippen LogP contribution in [0, 0.1) is 0 Å². The van der Waals surface area contributed by atoms with Gasteiger partial charge >= 0.3 is 58.9 Å². The molecule has 0 aromatic heterocycles. The van der Waals surface area contributed by atoms with Crippen molar-refractivity contribution in [2.45, 2.75) is 101 Å². The van der Waals surface area contributed by atoms with Crippen LogP contribution in [0.2, 0.25) is 50.4 Å². The van der Waals surface area contributed by atoms with Gasteiger partial charge in [-0.25, -0.2) is 0 Å². The molecule has 0 bridgehead atoms. The minimum atomic E-state index is -4.91. The lowest BCUT2D eigenvalue weighted by Crippen LogP contribution is -2.68. The molecule has 0 aromatic carbocycles. The van der Waals surface area contributed by atoms with Crippen LogP contribution in [0.1, 0.15) is 25.7 Å². The van der Waals surface area contributed by atoms with Crippen LogP contribution in [0.15, 0.2) is 0 Å². The molecule has 216 valence electrons. The summed E-state index contributed by atoms with van der Waals surface area (Å²) in [7, 11) is -16.8. The molecule has 0 amide bonds.